The van der Waals surface area contributed by atoms with Crippen LogP contribution in [0.2, 0.25) is 0 Å². The number of H-pyrrole nitrogens is 1. The quantitative estimate of drug-likeness (QED) is 0.352. The number of rotatable bonds is 3. The molecule has 0 saturated heterocycles. The summed E-state index contributed by atoms with van der Waals surface area (Å²) in [6.07, 6.45) is 3.55. The van der Waals surface area contributed by atoms with Crippen LogP contribution in [-0.4, -0.2) is 16.7 Å². The number of aryl methyl sites for hydroxylation is 2. The molecule has 2 aromatic heterocycles. The second-order valence-electron chi connectivity index (χ2n) is 9.74. The van der Waals surface area contributed by atoms with Gasteiger partial charge in [-0.15, -0.1) is 0 Å². The topological polar surface area (TPSA) is 59.4 Å². The van der Waals surface area contributed by atoms with Crippen molar-refractivity contribution in [1.29, 1.82) is 0 Å². The fraction of sp³-hybridized carbons (Fsp3) is 0.161. The first-order chi connectivity index (χ1) is 18.5. The third kappa shape index (κ3) is 3.50. The second kappa shape index (κ2) is 8.67. The van der Waals surface area contributed by atoms with Crippen LogP contribution >= 0.6 is 11.3 Å². The van der Waals surface area contributed by atoms with Crippen molar-refractivity contribution in [2.24, 2.45) is 4.99 Å². The molecule has 1 aliphatic heterocycles. The van der Waals surface area contributed by atoms with Gasteiger partial charge in [0, 0.05) is 27.7 Å². The van der Waals surface area contributed by atoms with E-state index in [-0.39, 0.29) is 17.4 Å². The molecule has 5 aromatic rings. The highest BCUT2D eigenvalue weighted by molar-refractivity contribution is 7.07. The monoisotopic (exact) mass is 521 g/mol. The molecule has 2 aliphatic rings. The zero-order valence-corrected chi connectivity index (χ0v) is 21.7. The Balaban J connectivity index is 1.49. The summed E-state index contributed by atoms with van der Waals surface area (Å²) in [6, 6.07) is 20.3. The molecule has 7 heteroatoms. The minimum Gasteiger partial charge on any atom is -0.497 e. The summed E-state index contributed by atoms with van der Waals surface area (Å²) in [4.78, 5) is 23.1. The second-order valence-corrected chi connectivity index (χ2v) is 10.7. The van der Waals surface area contributed by atoms with Crippen LogP contribution in [0.3, 0.4) is 0 Å². The van der Waals surface area contributed by atoms with E-state index in [2.05, 4.69) is 23.2 Å². The molecule has 0 radical (unpaired) electrons. The van der Waals surface area contributed by atoms with Gasteiger partial charge in [-0.25, -0.2) is 9.38 Å². The standard InChI is InChI=1S/C31H24FN3O2S/c1-17-25(23-5-3-4-6-26(23)33-17)16-27-30(36)35-29(18-7-10-20(32)11-8-18)24-13-9-19-15-21(37-2)12-14-22(19)28(24)34-31(35)38-27/h3-8,10-12,14-16,29,33H,9,13H2,1-2H3/b27-16-. The number of fused-ring (bicyclic) bond motifs is 4. The Morgan fingerprint density at radius 3 is 2.74 bits per heavy atom. The number of hydrogen-bond acceptors (Lipinski definition) is 4. The lowest BCUT2D eigenvalue weighted by Crippen LogP contribution is -2.38. The molecule has 38 heavy (non-hydrogen) atoms. The molecule has 188 valence electrons. The summed E-state index contributed by atoms with van der Waals surface area (Å²) >= 11 is 1.40. The number of para-hydroxylation sites is 1. The van der Waals surface area contributed by atoms with E-state index in [9.17, 15) is 9.18 Å². The van der Waals surface area contributed by atoms with Gasteiger partial charge >= 0.3 is 0 Å². The summed E-state index contributed by atoms with van der Waals surface area (Å²) in [5.41, 5.74) is 8.07. The normalized spacial score (nSPS) is 16.7. The first-order valence-electron chi connectivity index (χ1n) is 12.6. The van der Waals surface area contributed by atoms with Gasteiger partial charge in [0.2, 0.25) is 0 Å². The number of ether oxygens (including phenoxy) is 1. The summed E-state index contributed by atoms with van der Waals surface area (Å²) in [5.74, 6) is 0.518. The van der Waals surface area contributed by atoms with E-state index in [1.165, 1.54) is 29.0 Å². The first-order valence-corrected chi connectivity index (χ1v) is 13.4. The minimum absolute atomic E-state index is 0.0835. The van der Waals surface area contributed by atoms with Crippen molar-refractivity contribution in [1.82, 2.24) is 9.55 Å². The average molecular weight is 522 g/mol. The van der Waals surface area contributed by atoms with Gasteiger partial charge in [0.1, 0.15) is 11.6 Å². The molecule has 0 saturated carbocycles. The Morgan fingerprint density at radius 2 is 1.92 bits per heavy atom. The lowest BCUT2D eigenvalue weighted by molar-refractivity contribution is 0.414. The molecule has 0 fully saturated rings. The van der Waals surface area contributed by atoms with E-state index in [0.29, 0.717) is 9.33 Å². The Hall–Kier alpha value is -4.23. The number of methoxy groups -OCH3 is 1. The number of aromatic nitrogens is 2. The van der Waals surface area contributed by atoms with E-state index in [4.69, 9.17) is 9.73 Å². The van der Waals surface area contributed by atoms with Crippen LogP contribution in [0, 0.1) is 12.7 Å². The zero-order chi connectivity index (χ0) is 26.0. The lowest BCUT2D eigenvalue weighted by atomic mass is 9.83. The largest absolute Gasteiger partial charge is 0.497 e. The number of nitrogens with zero attached hydrogens (tertiary/aromatic N) is 2. The van der Waals surface area contributed by atoms with E-state index in [1.807, 2.05) is 37.3 Å². The van der Waals surface area contributed by atoms with Crippen molar-refractivity contribution >= 4 is 34.0 Å². The van der Waals surface area contributed by atoms with Crippen molar-refractivity contribution in [3.05, 3.63) is 126 Å². The number of halogens is 1. The fourth-order valence-electron chi connectivity index (χ4n) is 5.75. The van der Waals surface area contributed by atoms with Gasteiger partial charge in [0.05, 0.1) is 23.4 Å². The fourth-order valence-corrected chi connectivity index (χ4v) is 6.73. The molecule has 1 atom stereocenters. The minimum atomic E-state index is -0.344. The van der Waals surface area contributed by atoms with Crippen LogP contribution in [0.25, 0.3) is 22.7 Å². The molecule has 0 amide bonds. The number of thiazole rings is 1. The van der Waals surface area contributed by atoms with Gasteiger partial charge in [-0.2, -0.15) is 0 Å². The van der Waals surface area contributed by atoms with Gasteiger partial charge in [0.15, 0.2) is 4.80 Å². The molecule has 0 bridgehead atoms. The van der Waals surface area contributed by atoms with Crippen LogP contribution in [0.5, 0.6) is 5.75 Å². The number of benzene rings is 3. The third-order valence-electron chi connectivity index (χ3n) is 7.57. The van der Waals surface area contributed by atoms with Gasteiger partial charge in [-0.1, -0.05) is 41.7 Å². The lowest BCUT2D eigenvalue weighted by Gasteiger charge is -2.31. The maximum Gasteiger partial charge on any atom is 0.271 e. The smallest absolute Gasteiger partial charge is 0.271 e. The average Bonchev–Trinajstić information content (AvgIpc) is 3.42. The van der Waals surface area contributed by atoms with Crippen LogP contribution in [0.15, 0.2) is 82.1 Å². The maximum absolute atomic E-state index is 14.0. The number of aromatic amines is 1. The van der Waals surface area contributed by atoms with Gasteiger partial charge in [-0.3, -0.25) is 9.36 Å². The molecule has 5 nitrogen and oxygen atoms in total. The molecule has 1 aliphatic carbocycles. The predicted molar refractivity (Wildman–Crippen MR) is 149 cm³/mol. The summed E-state index contributed by atoms with van der Waals surface area (Å²) in [5, 5.41) is 1.08. The summed E-state index contributed by atoms with van der Waals surface area (Å²) in [7, 11) is 1.67. The highest BCUT2D eigenvalue weighted by Crippen LogP contribution is 2.42. The van der Waals surface area contributed by atoms with Crippen molar-refractivity contribution in [3.8, 4) is 5.75 Å². The molecule has 7 rings (SSSR count). The molecular formula is C31H24FN3O2S. The van der Waals surface area contributed by atoms with E-state index < -0.39 is 0 Å². The van der Waals surface area contributed by atoms with E-state index >= 15 is 0 Å². The third-order valence-corrected chi connectivity index (χ3v) is 8.56. The predicted octanol–water partition coefficient (Wildman–Crippen LogP) is 5.26. The highest BCUT2D eigenvalue weighted by Gasteiger charge is 2.32. The molecule has 3 heterocycles. The molecular weight excluding hydrogens is 497 g/mol. The summed E-state index contributed by atoms with van der Waals surface area (Å²) < 4.78 is 21.8. The number of allylic oxidation sites excluding steroid dienone is 1. The Bertz CT molecular complexity index is 1960. The van der Waals surface area contributed by atoms with E-state index in [1.54, 1.807) is 23.8 Å². The molecule has 3 aromatic carbocycles. The Kier molecular flexibility index (Phi) is 5.23. The van der Waals surface area contributed by atoms with Crippen LogP contribution in [-0.2, 0) is 6.42 Å². The van der Waals surface area contributed by atoms with Gasteiger partial charge in [-0.05, 0) is 78.9 Å². The Labute approximate surface area is 221 Å². The van der Waals surface area contributed by atoms with Gasteiger partial charge in [0.25, 0.3) is 5.56 Å². The summed E-state index contributed by atoms with van der Waals surface area (Å²) in [6.45, 7) is 2.02. The Morgan fingerprint density at radius 1 is 1.11 bits per heavy atom. The van der Waals surface area contributed by atoms with Crippen LogP contribution < -0.4 is 19.6 Å². The maximum atomic E-state index is 14.0. The molecule has 0 spiro atoms. The highest BCUT2D eigenvalue weighted by atomic mass is 32.1. The van der Waals surface area contributed by atoms with Crippen molar-refractivity contribution in [2.75, 3.05) is 7.11 Å². The van der Waals surface area contributed by atoms with Crippen LogP contribution in [0.1, 0.15) is 40.4 Å². The molecule has 1 unspecified atom stereocenters. The number of hydrogen-bond donors (Lipinski definition) is 1. The number of nitrogens with one attached hydrogen (secondary N) is 1. The molecule has 1 N–H and O–H groups in total. The van der Waals surface area contributed by atoms with Crippen molar-refractivity contribution < 1.29 is 9.13 Å². The SMILES string of the molecule is COc1ccc2c(c1)CCC1=C2N=c2s/c(=C\c3c(C)[nH]c4ccccc34)c(=O)n2C1c1ccc(F)cc1. The first kappa shape index (κ1) is 22.9. The van der Waals surface area contributed by atoms with Crippen molar-refractivity contribution in [3.63, 3.8) is 0 Å². The zero-order valence-electron chi connectivity index (χ0n) is 20.9. The van der Waals surface area contributed by atoms with E-state index in [0.717, 1.165) is 63.1 Å². The van der Waals surface area contributed by atoms with Crippen LogP contribution in [0.4, 0.5) is 4.39 Å². The van der Waals surface area contributed by atoms with Gasteiger partial charge < -0.3 is 9.72 Å². The van der Waals surface area contributed by atoms with Crippen molar-refractivity contribution in [2.45, 2.75) is 25.8 Å².